The zero-order valence-corrected chi connectivity index (χ0v) is 12.6. The lowest BCUT2D eigenvalue weighted by Crippen LogP contribution is -2.41. The number of carbonyl (C=O) groups is 2. The molecule has 7 heteroatoms. The number of aliphatic imine (C=N–C) groups is 1. The summed E-state index contributed by atoms with van der Waals surface area (Å²) in [7, 11) is 0. The summed E-state index contributed by atoms with van der Waals surface area (Å²) in [6.07, 6.45) is 0.616. The second kappa shape index (κ2) is 4.79. The SMILES string of the molecule is CC(C)C1(C)N=C(c2nc3c(cc2C(=O)O)OCC3)NC1=O. The van der Waals surface area contributed by atoms with E-state index in [-0.39, 0.29) is 28.9 Å². The van der Waals surface area contributed by atoms with Gasteiger partial charge in [-0.15, -0.1) is 0 Å². The van der Waals surface area contributed by atoms with Crippen molar-refractivity contribution in [2.45, 2.75) is 32.7 Å². The first-order valence-electron chi connectivity index (χ1n) is 7.14. The van der Waals surface area contributed by atoms with Crippen LogP contribution in [0, 0.1) is 5.92 Å². The number of amidine groups is 1. The van der Waals surface area contributed by atoms with Gasteiger partial charge in [0.1, 0.15) is 17.0 Å². The van der Waals surface area contributed by atoms with Crippen LogP contribution in [0.2, 0.25) is 0 Å². The maximum absolute atomic E-state index is 12.2. The summed E-state index contributed by atoms with van der Waals surface area (Å²) in [6, 6.07) is 1.45. The molecule has 22 heavy (non-hydrogen) atoms. The average Bonchev–Trinajstić information content (AvgIpc) is 3.02. The zero-order chi connectivity index (χ0) is 16.1. The van der Waals surface area contributed by atoms with Crippen molar-refractivity contribution < 1.29 is 19.4 Å². The minimum absolute atomic E-state index is 0.0176. The van der Waals surface area contributed by atoms with Gasteiger partial charge in [0.15, 0.2) is 5.84 Å². The lowest BCUT2D eigenvalue weighted by atomic mass is 9.89. The number of rotatable bonds is 3. The first kappa shape index (κ1) is 14.5. The number of ether oxygens (including phenoxy) is 1. The number of hydrogen-bond acceptors (Lipinski definition) is 5. The number of hydrogen-bond donors (Lipinski definition) is 2. The van der Waals surface area contributed by atoms with Crippen molar-refractivity contribution in [1.82, 2.24) is 10.3 Å². The van der Waals surface area contributed by atoms with Crippen molar-refractivity contribution in [1.29, 1.82) is 0 Å². The van der Waals surface area contributed by atoms with Gasteiger partial charge in [0.25, 0.3) is 5.91 Å². The smallest absolute Gasteiger partial charge is 0.338 e. The molecule has 3 heterocycles. The van der Waals surface area contributed by atoms with Crippen molar-refractivity contribution in [2.75, 3.05) is 6.61 Å². The number of nitrogens with zero attached hydrogens (tertiary/aromatic N) is 2. The van der Waals surface area contributed by atoms with E-state index in [4.69, 9.17) is 4.74 Å². The normalized spacial score (nSPS) is 23.1. The number of aromatic nitrogens is 1. The van der Waals surface area contributed by atoms with Crippen LogP contribution in [0.5, 0.6) is 5.75 Å². The predicted octanol–water partition coefficient (Wildman–Crippen LogP) is 1.01. The Hall–Kier alpha value is -2.44. The highest BCUT2D eigenvalue weighted by Gasteiger charge is 2.43. The molecule has 1 atom stereocenters. The van der Waals surface area contributed by atoms with Crippen LogP contribution in [-0.2, 0) is 11.2 Å². The molecule has 0 saturated heterocycles. The molecule has 1 unspecified atom stereocenters. The minimum Gasteiger partial charge on any atom is -0.491 e. The molecular weight excluding hydrogens is 286 g/mol. The van der Waals surface area contributed by atoms with Crippen LogP contribution in [-0.4, -0.2) is 39.9 Å². The molecule has 2 N–H and O–H groups in total. The number of nitrogens with one attached hydrogen (secondary N) is 1. The minimum atomic E-state index is -1.13. The maximum Gasteiger partial charge on any atom is 0.338 e. The number of aromatic carboxylic acids is 1. The summed E-state index contributed by atoms with van der Waals surface area (Å²) >= 11 is 0. The van der Waals surface area contributed by atoms with Gasteiger partial charge in [-0.05, 0) is 18.9 Å². The third-order valence-corrected chi connectivity index (χ3v) is 4.27. The van der Waals surface area contributed by atoms with E-state index >= 15 is 0 Å². The van der Waals surface area contributed by atoms with Crippen LogP contribution >= 0.6 is 0 Å². The van der Waals surface area contributed by atoms with Crippen LogP contribution in [0.4, 0.5) is 0 Å². The monoisotopic (exact) mass is 303 g/mol. The Morgan fingerprint density at radius 1 is 1.50 bits per heavy atom. The third kappa shape index (κ3) is 2.04. The lowest BCUT2D eigenvalue weighted by Gasteiger charge is -2.21. The molecule has 0 radical (unpaired) electrons. The number of carboxylic acid groups (broad SMARTS) is 1. The van der Waals surface area contributed by atoms with Gasteiger partial charge in [0.2, 0.25) is 0 Å². The lowest BCUT2D eigenvalue weighted by molar-refractivity contribution is -0.124. The Morgan fingerprint density at radius 3 is 2.82 bits per heavy atom. The molecular formula is C15H17N3O4. The number of amides is 1. The average molecular weight is 303 g/mol. The Bertz CT molecular complexity index is 711. The zero-order valence-electron chi connectivity index (χ0n) is 12.6. The van der Waals surface area contributed by atoms with E-state index in [1.54, 1.807) is 6.92 Å². The molecule has 0 fully saturated rings. The van der Waals surface area contributed by atoms with Crippen LogP contribution in [0.3, 0.4) is 0 Å². The maximum atomic E-state index is 12.2. The summed E-state index contributed by atoms with van der Waals surface area (Å²) in [5.74, 6) is -0.690. The number of carbonyl (C=O) groups excluding carboxylic acids is 1. The summed E-state index contributed by atoms with van der Waals surface area (Å²) in [6.45, 7) is 6.01. The number of carboxylic acids is 1. The first-order chi connectivity index (χ1) is 10.3. The van der Waals surface area contributed by atoms with E-state index in [2.05, 4.69) is 15.3 Å². The molecule has 3 rings (SSSR count). The molecule has 2 aliphatic rings. The largest absolute Gasteiger partial charge is 0.491 e. The fourth-order valence-corrected chi connectivity index (χ4v) is 2.49. The van der Waals surface area contributed by atoms with Crippen molar-refractivity contribution in [3.8, 4) is 5.75 Å². The molecule has 0 saturated carbocycles. The molecule has 1 aromatic rings. The van der Waals surface area contributed by atoms with Gasteiger partial charge >= 0.3 is 5.97 Å². The molecule has 0 aliphatic carbocycles. The van der Waals surface area contributed by atoms with E-state index in [9.17, 15) is 14.7 Å². The first-order valence-corrected chi connectivity index (χ1v) is 7.14. The van der Waals surface area contributed by atoms with Crippen LogP contribution < -0.4 is 10.1 Å². The summed E-state index contributed by atoms with van der Waals surface area (Å²) < 4.78 is 5.35. The van der Waals surface area contributed by atoms with E-state index in [0.717, 1.165) is 0 Å². The molecule has 0 spiro atoms. The van der Waals surface area contributed by atoms with Crippen molar-refractivity contribution in [3.05, 3.63) is 23.0 Å². The van der Waals surface area contributed by atoms with Gasteiger partial charge in [-0.3, -0.25) is 4.79 Å². The summed E-state index contributed by atoms with van der Waals surface area (Å²) in [4.78, 5) is 32.5. The highest BCUT2D eigenvalue weighted by molar-refractivity contribution is 6.17. The van der Waals surface area contributed by atoms with Gasteiger partial charge in [0, 0.05) is 6.42 Å². The molecule has 0 bridgehead atoms. The van der Waals surface area contributed by atoms with Crippen molar-refractivity contribution in [2.24, 2.45) is 10.9 Å². The second-order valence-electron chi connectivity index (χ2n) is 5.95. The van der Waals surface area contributed by atoms with Crippen molar-refractivity contribution in [3.63, 3.8) is 0 Å². The molecule has 1 amide bonds. The highest BCUT2D eigenvalue weighted by atomic mass is 16.5. The van der Waals surface area contributed by atoms with Gasteiger partial charge in [-0.1, -0.05) is 13.8 Å². The summed E-state index contributed by atoms with van der Waals surface area (Å²) in [5.41, 5.74) is -0.0558. The molecule has 0 aromatic carbocycles. The van der Waals surface area contributed by atoms with Crippen LogP contribution in [0.15, 0.2) is 11.1 Å². The van der Waals surface area contributed by atoms with Crippen LogP contribution in [0.1, 0.15) is 42.5 Å². The van der Waals surface area contributed by atoms with E-state index in [1.807, 2.05) is 13.8 Å². The molecule has 1 aromatic heterocycles. The Labute approximate surface area is 127 Å². The van der Waals surface area contributed by atoms with E-state index in [0.29, 0.717) is 24.5 Å². The number of pyridine rings is 1. The predicted molar refractivity (Wildman–Crippen MR) is 78.3 cm³/mol. The summed E-state index contributed by atoms with van der Waals surface area (Å²) in [5, 5.41) is 12.1. The standard InChI is InChI=1S/C15H17N3O4/c1-7(2)15(3)14(21)17-12(18-15)11-8(13(19)20)6-10-9(16-11)4-5-22-10/h6-7H,4-5H2,1-3H3,(H,19,20)(H,17,18,21). The Morgan fingerprint density at radius 2 is 2.23 bits per heavy atom. The fraction of sp³-hybridized carbons (Fsp3) is 0.467. The highest BCUT2D eigenvalue weighted by Crippen LogP contribution is 2.30. The van der Waals surface area contributed by atoms with Gasteiger partial charge in [-0.25, -0.2) is 14.8 Å². The topological polar surface area (TPSA) is 101 Å². The van der Waals surface area contributed by atoms with Gasteiger partial charge in [-0.2, -0.15) is 0 Å². The number of fused-ring (bicyclic) bond motifs is 1. The quantitative estimate of drug-likeness (QED) is 0.867. The van der Waals surface area contributed by atoms with E-state index in [1.165, 1.54) is 6.07 Å². The molecule has 2 aliphatic heterocycles. The molecule has 7 nitrogen and oxygen atoms in total. The Balaban J connectivity index is 2.13. The second-order valence-corrected chi connectivity index (χ2v) is 5.95. The third-order valence-electron chi connectivity index (χ3n) is 4.27. The van der Waals surface area contributed by atoms with Crippen molar-refractivity contribution >= 4 is 17.7 Å². The van der Waals surface area contributed by atoms with Gasteiger partial charge < -0.3 is 15.2 Å². The molecule has 116 valence electrons. The fourth-order valence-electron chi connectivity index (χ4n) is 2.49. The van der Waals surface area contributed by atoms with E-state index < -0.39 is 11.5 Å². The Kier molecular flexibility index (Phi) is 3.16. The van der Waals surface area contributed by atoms with Gasteiger partial charge in [0.05, 0.1) is 17.9 Å². The van der Waals surface area contributed by atoms with Crippen LogP contribution in [0.25, 0.3) is 0 Å².